The number of nitrogens with two attached hydrogens (primary N) is 1. The Labute approximate surface area is 135 Å². The summed E-state index contributed by atoms with van der Waals surface area (Å²) in [7, 11) is 0. The first-order valence-corrected chi connectivity index (χ1v) is 7.29. The summed E-state index contributed by atoms with van der Waals surface area (Å²) >= 11 is 15.5. The van der Waals surface area contributed by atoms with Gasteiger partial charge in [0.05, 0.1) is 10.0 Å². The maximum Gasteiger partial charge on any atom is 0.244 e. The van der Waals surface area contributed by atoms with Gasteiger partial charge in [-0.25, -0.2) is 0 Å². The van der Waals surface area contributed by atoms with Crippen LogP contribution >= 0.6 is 39.1 Å². The quantitative estimate of drug-likeness (QED) is 0.834. The smallest absolute Gasteiger partial charge is 0.244 e. The number of anilines is 1. The van der Waals surface area contributed by atoms with E-state index >= 15 is 0 Å². The second-order valence-electron chi connectivity index (χ2n) is 4.13. The number of amides is 1. The molecular weight excluding hydrogens is 363 g/mol. The van der Waals surface area contributed by atoms with Crippen molar-refractivity contribution in [2.75, 3.05) is 5.32 Å². The molecule has 1 amide bonds. The highest BCUT2D eigenvalue weighted by Gasteiger charge is 2.21. The number of halogens is 3. The van der Waals surface area contributed by atoms with Gasteiger partial charge < -0.3 is 11.1 Å². The first-order chi connectivity index (χ1) is 9.49. The average Bonchev–Trinajstić information content (AvgIpc) is 2.41. The van der Waals surface area contributed by atoms with Gasteiger partial charge in [-0.1, -0.05) is 51.3 Å². The molecule has 0 aliphatic rings. The van der Waals surface area contributed by atoms with E-state index in [-0.39, 0.29) is 0 Å². The fourth-order valence-corrected chi connectivity index (χ4v) is 2.44. The molecule has 0 spiro atoms. The van der Waals surface area contributed by atoms with Crippen molar-refractivity contribution in [3.8, 4) is 0 Å². The molecule has 2 rings (SSSR count). The Morgan fingerprint density at radius 2 is 1.80 bits per heavy atom. The van der Waals surface area contributed by atoms with Gasteiger partial charge >= 0.3 is 0 Å². The summed E-state index contributed by atoms with van der Waals surface area (Å²) in [6, 6.07) is 11.7. The zero-order valence-corrected chi connectivity index (χ0v) is 13.3. The van der Waals surface area contributed by atoms with Gasteiger partial charge in [0.25, 0.3) is 0 Å². The number of primary amides is 1. The second kappa shape index (κ2) is 6.48. The molecule has 6 heteroatoms. The third kappa shape index (κ3) is 3.45. The number of benzene rings is 2. The van der Waals surface area contributed by atoms with E-state index in [2.05, 4.69) is 21.2 Å². The molecular formula is C14H11BrCl2N2O. The Morgan fingerprint density at radius 3 is 2.40 bits per heavy atom. The maximum atomic E-state index is 11.7. The van der Waals surface area contributed by atoms with Crippen LogP contribution in [0.2, 0.25) is 10.0 Å². The lowest BCUT2D eigenvalue weighted by Crippen LogP contribution is -2.28. The van der Waals surface area contributed by atoms with E-state index in [4.69, 9.17) is 28.9 Å². The average molecular weight is 374 g/mol. The van der Waals surface area contributed by atoms with Crippen LogP contribution in [0.15, 0.2) is 46.9 Å². The van der Waals surface area contributed by atoms with Gasteiger partial charge in [-0.3, -0.25) is 4.79 Å². The van der Waals surface area contributed by atoms with Crippen molar-refractivity contribution in [3.63, 3.8) is 0 Å². The van der Waals surface area contributed by atoms with Gasteiger partial charge in [-0.15, -0.1) is 0 Å². The fourth-order valence-electron chi connectivity index (χ4n) is 1.76. The lowest BCUT2D eigenvalue weighted by molar-refractivity contribution is -0.118. The molecule has 0 saturated carbocycles. The van der Waals surface area contributed by atoms with Gasteiger partial charge in [0.15, 0.2) is 0 Å². The van der Waals surface area contributed by atoms with Gasteiger partial charge in [0.1, 0.15) is 6.04 Å². The predicted molar refractivity (Wildman–Crippen MR) is 86.2 cm³/mol. The van der Waals surface area contributed by atoms with E-state index in [9.17, 15) is 4.79 Å². The third-order valence-corrected chi connectivity index (χ3v) is 4.09. The molecule has 0 aromatic heterocycles. The Bertz CT molecular complexity index is 632. The topological polar surface area (TPSA) is 55.1 Å². The molecule has 0 heterocycles. The highest BCUT2D eigenvalue weighted by atomic mass is 79.9. The van der Waals surface area contributed by atoms with E-state index in [1.165, 1.54) is 0 Å². The highest BCUT2D eigenvalue weighted by Crippen LogP contribution is 2.31. The monoisotopic (exact) mass is 372 g/mol. The van der Waals surface area contributed by atoms with Gasteiger partial charge in [0.2, 0.25) is 5.91 Å². The number of hydrogen-bond acceptors (Lipinski definition) is 2. The van der Waals surface area contributed by atoms with Crippen molar-refractivity contribution in [2.45, 2.75) is 6.04 Å². The highest BCUT2D eigenvalue weighted by molar-refractivity contribution is 9.10. The molecule has 0 saturated heterocycles. The zero-order valence-electron chi connectivity index (χ0n) is 10.2. The normalized spacial score (nSPS) is 11.9. The van der Waals surface area contributed by atoms with Gasteiger partial charge in [-0.05, 0) is 30.3 Å². The number of hydrogen-bond donors (Lipinski definition) is 2. The largest absolute Gasteiger partial charge is 0.370 e. The number of carbonyl (C=O) groups excluding carboxylic acids is 1. The molecule has 3 nitrogen and oxygen atoms in total. The van der Waals surface area contributed by atoms with Crippen LogP contribution in [-0.2, 0) is 4.79 Å². The molecule has 1 unspecified atom stereocenters. The fraction of sp³-hybridized carbons (Fsp3) is 0.0714. The van der Waals surface area contributed by atoms with Crippen LogP contribution in [0, 0.1) is 0 Å². The van der Waals surface area contributed by atoms with Crippen molar-refractivity contribution in [3.05, 3.63) is 62.5 Å². The Balaban J connectivity index is 2.34. The summed E-state index contributed by atoms with van der Waals surface area (Å²) in [6.45, 7) is 0. The maximum absolute atomic E-state index is 11.7. The molecule has 20 heavy (non-hydrogen) atoms. The molecule has 3 N–H and O–H groups in total. The number of rotatable bonds is 4. The number of nitrogens with one attached hydrogen (secondary N) is 1. The van der Waals surface area contributed by atoms with Crippen LogP contribution in [0.4, 0.5) is 5.69 Å². The van der Waals surface area contributed by atoms with E-state index in [0.717, 1.165) is 10.2 Å². The standard InChI is InChI=1S/C14H11BrCl2N2O/c15-8-4-6-9(7-5-8)19-13(14(18)20)10-2-1-3-11(16)12(10)17/h1-7,13,19H,(H2,18,20). The molecule has 0 aliphatic heterocycles. The molecule has 2 aromatic carbocycles. The Kier molecular flexibility index (Phi) is 4.91. The van der Waals surface area contributed by atoms with Crippen LogP contribution in [0.25, 0.3) is 0 Å². The lowest BCUT2D eigenvalue weighted by atomic mass is 10.1. The minimum Gasteiger partial charge on any atom is -0.370 e. The Morgan fingerprint density at radius 1 is 1.15 bits per heavy atom. The van der Waals surface area contributed by atoms with E-state index < -0.39 is 11.9 Å². The van der Waals surface area contributed by atoms with Crippen molar-refractivity contribution in [1.29, 1.82) is 0 Å². The molecule has 104 valence electrons. The van der Waals surface area contributed by atoms with Gasteiger partial charge in [-0.2, -0.15) is 0 Å². The summed E-state index contributed by atoms with van der Waals surface area (Å²) < 4.78 is 0.944. The lowest BCUT2D eigenvalue weighted by Gasteiger charge is -2.19. The van der Waals surface area contributed by atoms with Gasteiger partial charge in [0, 0.05) is 15.7 Å². The molecule has 0 radical (unpaired) electrons. The van der Waals surface area contributed by atoms with Crippen molar-refractivity contribution in [2.24, 2.45) is 5.73 Å². The minimum absolute atomic E-state index is 0.322. The molecule has 2 aromatic rings. The van der Waals surface area contributed by atoms with E-state index in [1.807, 2.05) is 24.3 Å². The Hall–Kier alpha value is -1.23. The first-order valence-electron chi connectivity index (χ1n) is 5.74. The molecule has 0 aliphatic carbocycles. The van der Waals surface area contributed by atoms with E-state index in [0.29, 0.717) is 15.6 Å². The van der Waals surface area contributed by atoms with Crippen LogP contribution in [-0.4, -0.2) is 5.91 Å². The SMILES string of the molecule is NC(=O)C(Nc1ccc(Br)cc1)c1cccc(Cl)c1Cl. The van der Waals surface area contributed by atoms with Crippen LogP contribution in [0.1, 0.15) is 11.6 Å². The van der Waals surface area contributed by atoms with Crippen LogP contribution in [0.5, 0.6) is 0 Å². The summed E-state index contributed by atoms with van der Waals surface area (Å²) in [5.41, 5.74) is 6.76. The molecule has 1 atom stereocenters. The van der Waals surface area contributed by atoms with Crippen molar-refractivity contribution < 1.29 is 4.79 Å². The minimum atomic E-state index is -0.748. The molecule has 0 fully saturated rings. The summed E-state index contributed by atoms with van der Waals surface area (Å²) in [6.07, 6.45) is 0. The first kappa shape index (κ1) is 15.2. The second-order valence-corrected chi connectivity index (χ2v) is 5.83. The van der Waals surface area contributed by atoms with Crippen molar-refractivity contribution in [1.82, 2.24) is 0 Å². The van der Waals surface area contributed by atoms with Crippen molar-refractivity contribution >= 4 is 50.7 Å². The zero-order chi connectivity index (χ0) is 14.7. The van der Waals surface area contributed by atoms with E-state index in [1.54, 1.807) is 18.2 Å². The van der Waals surface area contributed by atoms with Crippen LogP contribution in [0.3, 0.4) is 0 Å². The summed E-state index contributed by atoms with van der Waals surface area (Å²) in [5, 5.41) is 3.76. The predicted octanol–water partition coefficient (Wildman–Crippen LogP) is 4.39. The number of carbonyl (C=O) groups is 1. The van der Waals surface area contributed by atoms with Crippen LogP contribution < -0.4 is 11.1 Å². The summed E-state index contributed by atoms with van der Waals surface area (Å²) in [5.74, 6) is -0.530. The molecule has 0 bridgehead atoms. The summed E-state index contributed by atoms with van der Waals surface area (Å²) in [4.78, 5) is 11.7. The third-order valence-electron chi connectivity index (χ3n) is 2.73.